The minimum atomic E-state index is -0.822. The first-order chi connectivity index (χ1) is 5.57. The molecule has 0 rings (SSSR count). The average molecular weight is 172 g/mol. The summed E-state index contributed by atoms with van der Waals surface area (Å²) in [4.78, 5) is 21.2. The molecular weight excluding hydrogens is 156 g/mol. The van der Waals surface area contributed by atoms with Crippen molar-refractivity contribution in [2.24, 2.45) is 5.92 Å². The number of Topliss-reactive ketones (excluding diaryl/α,β-unsaturated/α-hetero) is 1. The Morgan fingerprint density at radius 2 is 1.92 bits per heavy atom. The Labute approximate surface area is 72.8 Å². The molecule has 0 saturated heterocycles. The highest BCUT2D eigenvalue weighted by molar-refractivity contribution is 5.79. The molecule has 1 unspecified atom stereocenters. The summed E-state index contributed by atoms with van der Waals surface area (Å²) in [5, 5.41) is 8.40. The third kappa shape index (κ3) is 4.88. The topological polar surface area (TPSA) is 54.4 Å². The lowest BCUT2D eigenvalue weighted by molar-refractivity contribution is -0.137. The molecule has 0 aromatic rings. The number of hydrogen-bond donors (Lipinski definition) is 1. The number of ketones is 1. The van der Waals surface area contributed by atoms with Crippen LogP contribution in [-0.4, -0.2) is 16.9 Å². The summed E-state index contributed by atoms with van der Waals surface area (Å²) in [6, 6.07) is 0. The van der Waals surface area contributed by atoms with Gasteiger partial charge in [0.15, 0.2) is 0 Å². The molecule has 0 heterocycles. The largest absolute Gasteiger partial charge is 0.481 e. The Balaban J connectivity index is 3.79. The summed E-state index contributed by atoms with van der Waals surface area (Å²) >= 11 is 0. The van der Waals surface area contributed by atoms with Gasteiger partial charge >= 0.3 is 5.97 Å². The molecule has 0 spiro atoms. The van der Waals surface area contributed by atoms with Crippen molar-refractivity contribution in [1.82, 2.24) is 0 Å². The van der Waals surface area contributed by atoms with Gasteiger partial charge in [0, 0.05) is 12.3 Å². The van der Waals surface area contributed by atoms with E-state index >= 15 is 0 Å². The van der Waals surface area contributed by atoms with Crippen LogP contribution >= 0.6 is 0 Å². The summed E-state index contributed by atoms with van der Waals surface area (Å²) in [6.07, 6.45) is 2.33. The van der Waals surface area contributed by atoms with E-state index in [1.54, 1.807) is 0 Å². The average Bonchev–Trinajstić information content (AvgIpc) is 1.96. The number of carbonyl (C=O) groups excluding carboxylic acids is 1. The zero-order valence-corrected chi connectivity index (χ0v) is 7.67. The van der Waals surface area contributed by atoms with E-state index in [2.05, 4.69) is 0 Å². The predicted molar refractivity (Wildman–Crippen MR) is 45.9 cm³/mol. The number of hydrogen-bond acceptors (Lipinski definition) is 2. The fourth-order valence-corrected chi connectivity index (χ4v) is 1.20. The molecule has 0 aliphatic rings. The number of carboxylic acid groups (broad SMARTS) is 1. The molecule has 1 N–H and O–H groups in total. The highest BCUT2D eigenvalue weighted by atomic mass is 16.4. The molecule has 3 heteroatoms. The third-order valence-corrected chi connectivity index (χ3v) is 1.92. The predicted octanol–water partition coefficient (Wildman–Crippen LogP) is 1.86. The Morgan fingerprint density at radius 1 is 1.33 bits per heavy atom. The van der Waals surface area contributed by atoms with Crippen LogP contribution in [0.2, 0.25) is 0 Å². The van der Waals surface area contributed by atoms with Crippen LogP contribution in [0.15, 0.2) is 0 Å². The lowest BCUT2D eigenvalue weighted by Gasteiger charge is -2.09. The molecule has 0 saturated carbocycles. The molecule has 0 amide bonds. The number of aliphatic carboxylic acids is 1. The molecule has 1 atom stereocenters. The van der Waals surface area contributed by atoms with Crippen LogP contribution in [0.1, 0.15) is 39.5 Å². The summed E-state index contributed by atoms with van der Waals surface area (Å²) in [5.74, 6) is -0.762. The second-order valence-electron chi connectivity index (χ2n) is 3.03. The highest BCUT2D eigenvalue weighted by Gasteiger charge is 2.13. The van der Waals surface area contributed by atoms with E-state index in [0.29, 0.717) is 6.42 Å². The van der Waals surface area contributed by atoms with Crippen molar-refractivity contribution >= 4 is 11.8 Å². The Hall–Kier alpha value is -0.860. The van der Waals surface area contributed by atoms with Gasteiger partial charge in [-0.3, -0.25) is 9.59 Å². The number of rotatable bonds is 6. The van der Waals surface area contributed by atoms with Crippen LogP contribution < -0.4 is 0 Å². The van der Waals surface area contributed by atoms with Crippen LogP contribution in [0.4, 0.5) is 0 Å². The SMILES string of the molecule is CCCC(CCC(=O)O)C(C)=O. The molecule has 0 aromatic carbocycles. The molecular formula is C9H16O3. The van der Waals surface area contributed by atoms with E-state index in [4.69, 9.17) is 5.11 Å². The third-order valence-electron chi connectivity index (χ3n) is 1.92. The molecule has 0 aliphatic carbocycles. The second kappa shape index (κ2) is 5.75. The molecule has 0 aromatic heterocycles. The first-order valence-corrected chi connectivity index (χ1v) is 4.30. The molecule has 3 nitrogen and oxygen atoms in total. The maximum Gasteiger partial charge on any atom is 0.303 e. The first-order valence-electron chi connectivity index (χ1n) is 4.30. The second-order valence-corrected chi connectivity index (χ2v) is 3.03. The van der Waals surface area contributed by atoms with Crippen molar-refractivity contribution in [2.45, 2.75) is 39.5 Å². The van der Waals surface area contributed by atoms with Crippen LogP contribution in [-0.2, 0) is 9.59 Å². The van der Waals surface area contributed by atoms with E-state index in [1.165, 1.54) is 6.92 Å². The van der Waals surface area contributed by atoms with Gasteiger partial charge in [-0.05, 0) is 19.8 Å². The molecule has 70 valence electrons. The van der Waals surface area contributed by atoms with Crippen molar-refractivity contribution < 1.29 is 14.7 Å². The maximum atomic E-state index is 11.0. The van der Waals surface area contributed by atoms with Crippen molar-refractivity contribution in [3.8, 4) is 0 Å². The normalized spacial score (nSPS) is 12.5. The highest BCUT2D eigenvalue weighted by Crippen LogP contribution is 2.14. The molecule has 12 heavy (non-hydrogen) atoms. The van der Waals surface area contributed by atoms with E-state index in [1.807, 2.05) is 6.92 Å². The van der Waals surface area contributed by atoms with Crippen LogP contribution in [0, 0.1) is 5.92 Å². The quantitative estimate of drug-likeness (QED) is 0.665. The van der Waals surface area contributed by atoms with Gasteiger partial charge in [0.1, 0.15) is 5.78 Å². The number of carboxylic acids is 1. The van der Waals surface area contributed by atoms with Crippen LogP contribution in [0.3, 0.4) is 0 Å². The van der Waals surface area contributed by atoms with Gasteiger partial charge in [0.05, 0.1) is 0 Å². The van der Waals surface area contributed by atoms with Crippen LogP contribution in [0.25, 0.3) is 0 Å². The fourth-order valence-electron chi connectivity index (χ4n) is 1.20. The zero-order chi connectivity index (χ0) is 9.56. The van der Waals surface area contributed by atoms with Crippen molar-refractivity contribution in [3.63, 3.8) is 0 Å². The summed E-state index contributed by atoms with van der Waals surface area (Å²) < 4.78 is 0. The Morgan fingerprint density at radius 3 is 2.25 bits per heavy atom. The summed E-state index contributed by atoms with van der Waals surface area (Å²) in [6.45, 7) is 3.53. The fraction of sp³-hybridized carbons (Fsp3) is 0.778. The van der Waals surface area contributed by atoms with E-state index in [0.717, 1.165) is 12.8 Å². The Kier molecular flexibility index (Phi) is 5.34. The first kappa shape index (κ1) is 11.1. The van der Waals surface area contributed by atoms with Crippen molar-refractivity contribution in [3.05, 3.63) is 0 Å². The zero-order valence-electron chi connectivity index (χ0n) is 7.67. The van der Waals surface area contributed by atoms with Crippen LogP contribution in [0.5, 0.6) is 0 Å². The van der Waals surface area contributed by atoms with Crippen molar-refractivity contribution in [1.29, 1.82) is 0 Å². The van der Waals surface area contributed by atoms with Gasteiger partial charge in [-0.15, -0.1) is 0 Å². The molecule has 0 bridgehead atoms. The molecule has 0 aliphatic heterocycles. The minimum Gasteiger partial charge on any atom is -0.481 e. The van der Waals surface area contributed by atoms with Gasteiger partial charge < -0.3 is 5.11 Å². The Bertz CT molecular complexity index is 163. The summed E-state index contributed by atoms with van der Waals surface area (Å²) in [5.41, 5.74) is 0. The maximum absolute atomic E-state index is 11.0. The smallest absolute Gasteiger partial charge is 0.303 e. The molecule has 0 fully saturated rings. The molecule has 0 radical (unpaired) electrons. The standard InChI is InChI=1S/C9H16O3/c1-3-4-8(7(2)10)5-6-9(11)12/h8H,3-6H2,1-2H3,(H,11,12). The van der Waals surface area contributed by atoms with Gasteiger partial charge in [0.2, 0.25) is 0 Å². The monoisotopic (exact) mass is 172 g/mol. The van der Waals surface area contributed by atoms with Gasteiger partial charge in [-0.2, -0.15) is 0 Å². The van der Waals surface area contributed by atoms with Gasteiger partial charge in [-0.25, -0.2) is 0 Å². The minimum absolute atomic E-state index is 0.0499. The lowest BCUT2D eigenvalue weighted by Crippen LogP contribution is -2.12. The van der Waals surface area contributed by atoms with E-state index < -0.39 is 5.97 Å². The summed E-state index contributed by atoms with van der Waals surface area (Å²) in [7, 11) is 0. The van der Waals surface area contributed by atoms with Crippen molar-refractivity contribution in [2.75, 3.05) is 0 Å². The van der Waals surface area contributed by atoms with Gasteiger partial charge in [-0.1, -0.05) is 13.3 Å². The van der Waals surface area contributed by atoms with E-state index in [-0.39, 0.29) is 18.1 Å². The number of carbonyl (C=O) groups is 2. The lowest BCUT2D eigenvalue weighted by atomic mass is 9.94. The van der Waals surface area contributed by atoms with Gasteiger partial charge in [0.25, 0.3) is 0 Å². The van der Waals surface area contributed by atoms with E-state index in [9.17, 15) is 9.59 Å².